The van der Waals surface area contributed by atoms with Crippen LogP contribution >= 0.6 is 11.6 Å². The third kappa shape index (κ3) is 4.84. The number of halogens is 1. The van der Waals surface area contributed by atoms with Gasteiger partial charge in [0.2, 0.25) is 10.0 Å². The Balaban J connectivity index is 1.61. The fourth-order valence-corrected chi connectivity index (χ4v) is 5.19. The maximum Gasteiger partial charge on any atom is 0.251 e. The van der Waals surface area contributed by atoms with Crippen molar-refractivity contribution in [2.75, 3.05) is 19.6 Å². The van der Waals surface area contributed by atoms with E-state index in [0.29, 0.717) is 19.6 Å². The van der Waals surface area contributed by atoms with Crippen LogP contribution in [0.15, 0.2) is 47.4 Å². The van der Waals surface area contributed by atoms with E-state index in [2.05, 4.69) is 5.32 Å². The van der Waals surface area contributed by atoms with Gasteiger partial charge in [0.1, 0.15) is 10.6 Å². The lowest BCUT2D eigenvalue weighted by molar-refractivity contribution is 0.0953. The minimum atomic E-state index is -3.69. The molecule has 2 aromatic rings. The SMILES string of the molecule is O=C(NCCCc1ccc(O)cc1)c1ccc(Cl)c(S(=O)(=O)N2CCCC2)c1. The number of aromatic hydroxyl groups is 1. The van der Waals surface area contributed by atoms with Gasteiger partial charge in [-0.05, 0) is 61.6 Å². The first kappa shape index (κ1) is 20.6. The van der Waals surface area contributed by atoms with Gasteiger partial charge in [-0.25, -0.2) is 8.42 Å². The van der Waals surface area contributed by atoms with Crippen LogP contribution in [-0.2, 0) is 16.4 Å². The van der Waals surface area contributed by atoms with Gasteiger partial charge in [-0.2, -0.15) is 4.31 Å². The summed E-state index contributed by atoms with van der Waals surface area (Å²) in [6.07, 6.45) is 3.15. The molecule has 1 aliphatic heterocycles. The molecule has 0 atom stereocenters. The minimum absolute atomic E-state index is 0.0205. The second kappa shape index (κ2) is 8.94. The van der Waals surface area contributed by atoms with Crippen LogP contribution in [0.3, 0.4) is 0 Å². The van der Waals surface area contributed by atoms with Crippen LogP contribution < -0.4 is 5.32 Å². The first-order valence-corrected chi connectivity index (χ1v) is 11.1. The molecule has 0 spiro atoms. The molecule has 0 aliphatic carbocycles. The fraction of sp³-hybridized carbons (Fsp3) is 0.350. The number of hydrogen-bond acceptors (Lipinski definition) is 4. The Bertz CT molecular complexity index is 939. The molecule has 1 heterocycles. The van der Waals surface area contributed by atoms with Crippen molar-refractivity contribution in [3.63, 3.8) is 0 Å². The van der Waals surface area contributed by atoms with E-state index >= 15 is 0 Å². The van der Waals surface area contributed by atoms with Crippen molar-refractivity contribution < 1.29 is 18.3 Å². The van der Waals surface area contributed by atoms with Crippen molar-refractivity contribution >= 4 is 27.5 Å². The summed E-state index contributed by atoms with van der Waals surface area (Å²) >= 11 is 6.11. The van der Waals surface area contributed by atoms with Crippen molar-refractivity contribution in [3.8, 4) is 5.75 Å². The Morgan fingerprint density at radius 3 is 2.46 bits per heavy atom. The quantitative estimate of drug-likeness (QED) is 0.671. The predicted octanol–water partition coefficient (Wildman–Crippen LogP) is 3.19. The number of nitrogens with zero attached hydrogens (tertiary/aromatic N) is 1. The first-order chi connectivity index (χ1) is 13.4. The minimum Gasteiger partial charge on any atom is -0.508 e. The van der Waals surface area contributed by atoms with Crippen LogP contribution in [0.4, 0.5) is 0 Å². The van der Waals surface area contributed by atoms with E-state index < -0.39 is 10.0 Å². The van der Waals surface area contributed by atoms with E-state index in [1.54, 1.807) is 12.1 Å². The summed E-state index contributed by atoms with van der Waals surface area (Å²) < 4.78 is 26.9. The van der Waals surface area contributed by atoms with Crippen molar-refractivity contribution in [1.82, 2.24) is 9.62 Å². The van der Waals surface area contributed by atoms with E-state index in [4.69, 9.17) is 11.6 Å². The second-order valence-corrected chi connectivity index (χ2v) is 9.10. The lowest BCUT2D eigenvalue weighted by Gasteiger charge is -2.17. The molecule has 8 heteroatoms. The summed E-state index contributed by atoms with van der Waals surface area (Å²) in [4.78, 5) is 12.4. The first-order valence-electron chi connectivity index (χ1n) is 9.24. The molecule has 0 radical (unpaired) electrons. The highest BCUT2D eigenvalue weighted by Crippen LogP contribution is 2.28. The van der Waals surface area contributed by atoms with Gasteiger partial charge in [-0.3, -0.25) is 4.79 Å². The number of rotatable bonds is 7. The Morgan fingerprint density at radius 2 is 1.79 bits per heavy atom. The molecule has 2 aromatic carbocycles. The topological polar surface area (TPSA) is 86.7 Å². The molecule has 1 saturated heterocycles. The Hall–Kier alpha value is -2.09. The standard InChI is InChI=1S/C20H23ClN2O4S/c21-18-10-7-16(14-19(18)28(26,27)23-12-1-2-13-23)20(25)22-11-3-4-15-5-8-17(24)9-6-15/h5-10,14,24H,1-4,11-13H2,(H,22,25). The highest BCUT2D eigenvalue weighted by molar-refractivity contribution is 7.89. The van der Waals surface area contributed by atoms with Gasteiger partial charge >= 0.3 is 0 Å². The molecule has 1 aliphatic rings. The van der Waals surface area contributed by atoms with Gasteiger partial charge in [0.05, 0.1) is 5.02 Å². The maximum atomic E-state index is 12.8. The Morgan fingerprint density at radius 1 is 1.11 bits per heavy atom. The van der Waals surface area contributed by atoms with Crippen molar-refractivity contribution in [3.05, 3.63) is 58.6 Å². The molecule has 0 aromatic heterocycles. The van der Waals surface area contributed by atoms with Crippen molar-refractivity contribution in [1.29, 1.82) is 0 Å². The number of phenols is 1. The van der Waals surface area contributed by atoms with Gasteiger partial charge < -0.3 is 10.4 Å². The summed E-state index contributed by atoms with van der Waals surface area (Å²) in [5.74, 6) is -0.111. The van der Waals surface area contributed by atoms with E-state index in [0.717, 1.165) is 31.2 Å². The Kier molecular flexibility index (Phi) is 6.59. The molecule has 1 fully saturated rings. The molecule has 0 unspecified atom stereocenters. The van der Waals surface area contributed by atoms with Crippen LogP contribution in [0.2, 0.25) is 5.02 Å². The van der Waals surface area contributed by atoms with Crippen molar-refractivity contribution in [2.24, 2.45) is 0 Å². The van der Waals surface area contributed by atoms with Crippen LogP contribution in [0.1, 0.15) is 35.2 Å². The molecule has 150 valence electrons. The van der Waals surface area contributed by atoms with Gasteiger partial charge in [-0.15, -0.1) is 0 Å². The average Bonchev–Trinajstić information content (AvgIpc) is 3.22. The van der Waals surface area contributed by atoms with Gasteiger partial charge in [-0.1, -0.05) is 23.7 Å². The third-order valence-electron chi connectivity index (χ3n) is 4.74. The zero-order valence-electron chi connectivity index (χ0n) is 15.4. The molecule has 0 bridgehead atoms. The fourth-order valence-electron chi connectivity index (χ4n) is 3.17. The largest absolute Gasteiger partial charge is 0.508 e. The zero-order valence-corrected chi connectivity index (χ0v) is 17.0. The van der Waals surface area contributed by atoms with Crippen molar-refractivity contribution in [2.45, 2.75) is 30.6 Å². The van der Waals surface area contributed by atoms with E-state index in [1.807, 2.05) is 12.1 Å². The number of amides is 1. The number of benzene rings is 2. The zero-order chi connectivity index (χ0) is 20.1. The summed E-state index contributed by atoms with van der Waals surface area (Å²) in [7, 11) is -3.69. The van der Waals surface area contributed by atoms with Gasteiger partial charge in [0.15, 0.2) is 0 Å². The number of hydrogen-bond donors (Lipinski definition) is 2. The molecular weight excluding hydrogens is 400 g/mol. The predicted molar refractivity (Wildman–Crippen MR) is 108 cm³/mol. The molecule has 0 saturated carbocycles. The van der Waals surface area contributed by atoms with E-state index in [9.17, 15) is 18.3 Å². The normalized spacial score (nSPS) is 14.9. The average molecular weight is 423 g/mol. The highest BCUT2D eigenvalue weighted by atomic mass is 35.5. The summed E-state index contributed by atoms with van der Waals surface area (Å²) in [6, 6.07) is 11.3. The number of phenolic OH excluding ortho intramolecular Hbond substituents is 1. The van der Waals surface area contributed by atoms with Crippen LogP contribution in [0.5, 0.6) is 5.75 Å². The second-order valence-electron chi connectivity index (χ2n) is 6.78. The molecule has 1 amide bonds. The number of sulfonamides is 1. The third-order valence-corrected chi connectivity index (χ3v) is 7.12. The summed E-state index contributed by atoms with van der Waals surface area (Å²) in [6.45, 7) is 1.41. The monoisotopic (exact) mass is 422 g/mol. The number of carbonyl (C=O) groups is 1. The van der Waals surface area contributed by atoms with Crippen LogP contribution in [0.25, 0.3) is 0 Å². The number of aryl methyl sites for hydroxylation is 1. The smallest absolute Gasteiger partial charge is 0.251 e. The lowest BCUT2D eigenvalue weighted by atomic mass is 10.1. The van der Waals surface area contributed by atoms with E-state index in [1.165, 1.54) is 22.5 Å². The molecule has 6 nitrogen and oxygen atoms in total. The van der Waals surface area contributed by atoms with Gasteiger partial charge in [0.25, 0.3) is 5.91 Å². The molecule has 2 N–H and O–H groups in total. The summed E-state index contributed by atoms with van der Waals surface area (Å²) in [5.41, 5.74) is 1.34. The molecular formula is C20H23ClN2O4S. The van der Waals surface area contributed by atoms with Crippen LogP contribution in [-0.4, -0.2) is 43.4 Å². The van der Waals surface area contributed by atoms with Gasteiger partial charge in [0, 0.05) is 25.2 Å². The lowest BCUT2D eigenvalue weighted by Crippen LogP contribution is -2.29. The van der Waals surface area contributed by atoms with E-state index in [-0.39, 0.29) is 27.1 Å². The summed E-state index contributed by atoms with van der Waals surface area (Å²) in [5, 5.41) is 12.2. The van der Waals surface area contributed by atoms with Crippen LogP contribution in [0, 0.1) is 0 Å². The maximum absolute atomic E-state index is 12.8. The molecule has 28 heavy (non-hydrogen) atoms. The molecule has 3 rings (SSSR count). The highest BCUT2D eigenvalue weighted by Gasteiger charge is 2.29. The Labute approximate surface area is 170 Å². The number of carbonyl (C=O) groups excluding carboxylic acids is 1. The number of nitrogens with one attached hydrogen (secondary N) is 1.